The Morgan fingerprint density at radius 3 is 2.82 bits per heavy atom. The molecule has 1 fully saturated rings. The van der Waals surface area contributed by atoms with Crippen LogP contribution in [0.1, 0.15) is 32.3 Å². The number of aromatic nitrogens is 1. The number of allylic oxidation sites excluding steroid dienone is 6. The van der Waals surface area contributed by atoms with Gasteiger partial charge < -0.3 is 10.1 Å². The lowest BCUT2D eigenvalue weighted by Crippen LogP contribution is -2.34. The molecule has 6 heteroatoms. The first-order valence-corrected chi connectivity index (χ1v) is 10.5. The smallest absolute Gasteiger partial charge is 0.274 e. The molecule has 1 N–H and O–H groups in total. The van der Waals surface area contributed by atoms with Crippen molar-refractivity contribution < 1.29 is 9.13 Å². The number of hydrogen-bond acceptors (Lipinski definition) is 5. The second-order valence-corrected chi connectivity index (χ2v) is 8.63. The maximum atomic E-state index is 14.8. The molecule has 3 aliphatic rings. The molecule has 2 aliphatic heterocycles. The molecule has 1 aromatic carbocycles. The van der Waals surface area contributed by atoms with E-state index in [9.17, 15) is 4.39 Å². The van der Waals surface area contributed by atoms with Crippen molar-refractivity contribution in [3.63, 3.8) is 0 Å². The van der Waals surface area contributed by atoms with Crippen molar-refractivity contribution in [2.24, 2.45) is 10.9 Å². The molecular weight excluding hydrogens is 373 g/mol. The molecule has 0 radical (unpaired) electrons. The molecular formula is C22H22FN3OS. The number of piperidine rings is 1. The molecule has 0 spiro atoms. The summed E-state index contributed by atoms with van der Waals surface area (Å²) in [7, 11) is 0. The third-order valence-corrected chi connectivity index (χ3v) is 6.38. The molecule has 144 valence electrons. The molecule has 1 unspecified atom stereocenters. The van der Waals surface area contributed by atoms with Crippen LogP contribution in [-0.2, 0) is 0 Å². The average Bonchev–Trinajstić information content (AvgIpc) is 3.25. The highest BCUT2D eigenvalue weighted by Crippen LogP contribution is 2.37. The Labute approximate surface area is 167 Å². The number of aliphatic imine (C=N–C) groups is 1. The Morgan fingerprint density at radius 1 is 1.18 bits per heavy atom. The number of hydrogen-bond donors (Lipinski definition) is 1. The van der Waals surface area contributed by atoms with E-state index in [4.69, 9.17) is 4.74 Å². The summed E-state index contributed by atoms with van der Waals surface area (Å²) in [6.45, 7) is 5.99. The van der Waals surface area contributed by atoms with Gasteiger partial charge >= 0.3 is 0 Å². The number of nitrogens with one attached hydrogen (secondary N) is 1. The van der Waals surface area contributed by atoms with Crippen molar-refractivity contribution in [3.05, 3.63) is 53.0 Å². The Bertz CT molecular complexity index is 1070. The number of fused-ring (bicyclic) bond motifs is 2. The van der Waals surface area contributed by atoms with E-state index in [0.29, 0.717) is 10.7 Å². The van der Waals surface area contributed by atoms with Gasteiger partial charge in [-0.25, -0.2) is 4.39 Å². The molecule has 1 saturated heterocycles. The highest BCUT2D eigenvalue weighted by atomic mass is 32.1. The summed E-state index contributed by atoms with van der Waals surface area (Å²) in [4.78, 5) is 9.02. The van der Waals surface area contributed by atoms with Crippen LogP contribution in [0.15, 0.2) is 46.6 Å². The summed E-state index contributed by atoms with van der Waals surface area (Å²) in [5, 5.41) is 3.88. The summed E-state index contributed by atoms with van der Waals surface area (Å²) < 4.78 is 21.7. The highest BCUT2D eigenvalue weighted by molar-refractivity contribution is 7.20. The van der Waals surface area contributed by atoms with Gasteiger partial charge in [0.15, 0.2) is 5.82 Å². The van der Waals surface area contributed by atoms with Crippen LogP contribution >= 0.6 is 11.3 Å². The fraction of sp³-hybridized carbons (Fsp3) is 0.364. The number of thiazole rings is 1. The Hall–Kier alpha value is -2.31. The molecule has 1 atom stereocenters. The van der Waals surface area contributed by atoms with E-state index < -0.39 is 0 Å². The van der Waals surface area contributed by atoms with Crippen molar-refractivity contribution in [2.75, 3.05) is 13.1 Å². The molecule has 0 bridgehead atoms. The quantitative estimate of drug-likeness (QED) is 0.805. The Kier molecular flexibility index (Phi) is 4.40. The van der Waals surface area contributed by atoms with Crippen LogP contribution in [0.25, 0.3) is 15.8 Å². The van der Waals surface area contributed by atoms with Crippen LogP contribution in [0.2, 0.25) is 0 Å². The van der Waals surface area contributed by atoms with E-state index in [1.807, 2.05) is 13.0 Å². The van der Waals surface area contributed by atoms with Crippen LogP contribution < -0.4 is 10.1 Å². The lowest BCUT2D eigenvalue weighted by Gasteiger charge is -2.22. The lowest BCUT2D eigenvalue weighted by atomic mass is 9.87. The van der Waals surface area contributed by atoms with Crippen molar-refractivity contribution in [3.8, 4) is 5.19 Å². The van der Waals surface area contributed by atoms with Crippen molar-refractivity contribution in [1.29, 1.82) is 0 Å². The number of ether oxygens (including phenoxy) is 1. The first kappa shape index (κ1) is 17.8. The second kappa shape index (κ2) is 6.94. The first-order chi connectivity index (χ1) is 13.6. The number of rotatable bonds is 3. The van der Waals surface area contributed by atoms with Gasteiger partial charge in [0.25, 0.3) is 5.19 Å². The molecule has 2 aromatic rings. The largest absolute Gasteiger partial charge is 0.467 e. The number of nitrogens with zero attached hydrogens (tertiary/aromatic N) is 2. The Morgan fingerprint density at radius 2 is 2.00 bits per heavy atom. The summed E-state index contributed by atoms with van der Waals surface area (Å²) in [5.74, 6) is -0.118. The predicted octanol–water partition coefficient (Wildman–Crippen LogP) is 4.88. The molecule has 0 amide bonds. The van der Waals surface area contributed by atoms with Crippen molar-refractivity contribution in [1.82, 2.24) is 10.3 Å². The zero-order valence-corrected chi connectivity index (χ0v) is 16.8. The van der Waals surface area contributed by atoms with Gasteiger partial charge in [-0.05, 0) is 74.7 Å². The fourth-order valence-corrected chi connectivity index (χ4v) is 5.02. The molecule has 3 heterocycles. The van der Waals surface area contributed by atoms with Crippen LogP contribution in [0.3, 0.4) is 0 Å². The standard InChI is InChI=1S/C22H22FN3OS/c1-12-7-14(9-16-8-13(2)25-20(12)16)15-10-18(23)21-19(11-15)28-22(26-21)27-17-3-5-24-6-4-17/h7-11,16-17,24H,3-6H2,1-2H3. The van der Waals surface area contributed by atoms with Crippen LogP contribution in [0.4, 0.5) is 4.39 Å². The topological polar surface area (TPSA) is 46.5 Å². The summed E-state index contributed by atoms with van der Waals surface area (Å²) in [6.07, 6.45) is 8.48. The monoisotopic (exact) mass is 395 g/mol. The minimum Gasteiger partial charge on any atom is -0.467 e. The summed E-state index contributed by atoms with van der Waals surface area (Å²) >= 11 is 1.43. The van der Waals surface area contributed by atoms with E-state index in [-0.39, 0.29) is 17.8 Å². The van der Waals surface area contributed by atoms with Crippen LogP contribution in [-0.4, -0.2) is 29.9 Å². The minimum absolute atomic E-state index is 0.158. The maximum absolute atomic E-state index is 14.8. The fourth-order valence-electron chi connectivity index (χ4n) is 4.09. The molecule has 0 saturated carbocycles. The number of benzene rings is 1. The van der Waals surface area contributed by atoms with E-state index in [0.717, 1.165) is 58.7 Å². The summed E-state index contributed by atoms with van der Waals surface area (Å²) in [6, 6.07) is 3.61. The molecule has 4 nitrogen and oxygen atoms in total. The second-order valence-electron chi connectivity index (χ2n) is 7.63. The van der Waals surface area contributed by atoms with Gasteiger partial charge in [0.05, 0.1) is 10.4 Å². The first-order valence-electron chi connectivity index (χ1n) is 9.72. The van der Waals surface area contributed by atoms with Crippen LogP contribution in [0.5, 0.6) is 5.19 Å². The van der Waals surface area contributed by atoms with Gasteiger partial charge in [-0.1, -0.05) is 23.5 Å². The van der Waals surface area contributed by atoms with Gasteiger partial charge in [-0.2, -0.15) is 4.98 Å². The Balaban J connectivity index is 1.48. The average molecular weight is 396 g/mol. The zero-order chi connectivity index (χ0) is 19.3. The van der Waals surface area contributed by atoms with E-state index in [1.54, 1.807) is 6.07 Å². The molecule has 5 rings (SSSR count). The van der Waals surface area contributed by atoms with Crippen LogP contribution in [0, 0.1) is 11.7 Å². The minimum atomic E-state index is -0.298. The van der Waals surface area contributed by atoms with Gasteiger partial charge in [-0.3, -0.25) is 4.99 Å². The third-order valence-electron chi connectivity index (χ3n) is 5.48. The molecule has 28 heavy (non-hydrogen) atoms. The SMILES string of the molecule is CC1=CC2C=C(c3cc(F)c4nc(OC5CCNCC5)sc4c3)C=C(C)C2=N1. The summed E-state index contributed by atoms with van der Waals surface area (Å²) in [5.41, 5.74) is 5.57. The van der Waals surface area contributed by atoms with Gasteiger partial charge in [-0.15, -0.1) is 0 Å². The lowest BCUT2D eigenvalue weighted by molar-refractivity contribution is 0.162. The van der Waals surface area contributed by atoms with Gasteiger partial charge in [0, 0.05) is 11.6 Å². The van der Waals surface area contributed by atoms with Crippen molar-refractivity contribution >= 4 is 32.8 Å². The zero-order valence-electron chi connectivity index (χ0n) is 16.0. The van der Waals surface area contributed by atoms with E-state index in [2.05, 4.69) is 40.4 Å². The highest BCUT2D eigenvalue weighted by Gasteiger charge is 2.24. The molecule has 1 aliphatic carbocycles. The molecule has 1 aromatic heterocycles. The maximum Gasteiger partial charge on any atom is 0.274 e. The normalized spacial score (nSPS) is 22.5. The van der Waals surface area contributed by atoms with E-state index >= 15 is 0 Å². The predicted molar refractivity (Wildman–Crippen MR) is 113 cm³/mol. The van der Waals surface area contributed by atoms with Crippen molar-refractivity contribution in [2.45, 2.75) is 32.8 Å². The third kappa shape index (κ3) is 3.20. The number of halogens is 1. The van der Waals surface area contributed by atoms with E-state index in [1.165, 1.54) is 11.3 Å². The van der Waals surface area contributed by atoms with Gasteiger partial charge in [0.1, 0.15) is 11.6 Å². The van der Waals surface area contributed by atoms with Gasteiger partial charge in [0.2, 0.25) is 0 Å².